The van der Waals surface area contributed by atoms with Crippen molar-refractivity contribution in [3.05, 3.63) is 70.4 Å². The number of aryl methyl sites for hydroxylation is 2. The van der Waals surface area contributed by atoms with Gasteiger partial charge in [-0.25, -0.2) is 9.97 Å². The van der Waals surface area contributed by atoms with E-state index in [4.69, 9.17) is 16.3 Å². The first-order chi connectivity index (χ1) is 12.9. The number of hydrogen-bond donors (Lipinski definition) is 0. The number of ether oxygens (including phenoxy) is 1. The van der Waals surface area contributed by atoms with Crippen LogP contribution in [-0.2, 0) is 6.54 Å². The van der Waals surface area contributed by atoms with Gasteiger partial charge in [0, 0.05) is 11.2 Å². The lowest BCUT2D eigenvalue weighted by atomic mass is 10.1. The monoisotopic (exact) mass is 388 g/mol. The van der Waals surface area contributed by atoms with Crippen molar-refractivity contribution in [2.24, 2.45) is 0 Å². The molecule has 0 aliphatic rings. The fourth-order valence-corrected chi connectivity index (χ4v) is 3.02. The number of amides is 1. The zero-order valence-electron chi connectivity index (χ0n) is 15.1. The minimum Gasteiger partial charge on any atom is -0.479 e. The fraction of sp³-hybridized carbons (Fsp3) is 0.211. The number of nitrogens with zero attached hydrogens (tertiary/aromatic N) is 4. The summed E-state index contributed by atoms with van der Waals surface area (Å²) >= 11 is 5.98. The van der Waals surface area contributed by atoms with Crippen LogP contribution in [0.5, 0.6) is 5.88 Å². The molecule has 1 aromatic carbocycles. The number of methoxy groups -OCH3 is 1. The Kier molecular flexibility index (Phi) is 5.41. The van der Waals surface area contributed by atoms with Gasteiger partial charge < -0.3 is 9.30 Å². The van der Waals surface area contributed by atoms with Gasteiger partial charge in [0.15, 0.2) is 0 Å². The first-order valence-corrected chi connectivity index (χ1v) is 8.55. The van der Waals surface area contributed by atoms with E-state index in [1.807, 2.05) is 13.8 Å². The Labute approximate surface area is 161 Å². The summed E-state index contributed by atoms with van der Waals surface area (Å²) < 4.78 is 21.4. The van der Waals surface area contributed by atoms with Crippen LogP contribution in [0.2, 0.25) is 5.02 Å². The van der Waals surface area contributed by atoms with Crippen molar-refractivity contribution in [2.45, 2.75) is 20.4 Å². The second-order valence-corrected chi connectivity index (χ2v) is 6.55. The molecule has 0 unspecified atom stereocenters. The summed E-state index contributed by atoms with van der Waals surface area (Å²) in [6, 6.07) is 8.23. The SMILES string of the molecule is COc1nc(C(=O)N(F)Cc2cc(C)cc(Cl)c2)ccc1-n1cnc(C)c1. The van der Waals surface area contributed by atoms with Gasteiger partial charge in [0.25, 0.3) is 0 Å². The van der Waals surface area contributed by atoms with E-state index in [0.717, 1.165) is 11.3 Å². The van der Waals surface area contributed by atoms with Crippen LogP contribution in [0.1, 0.15) is 27.3 Å². The Balaban J connectivity index is 1.83. The number of benzene rings is 1. The molecule has 3 rings (SSSR count). The summed E-state index contributed by atoms with van der Waals surface area (Å²) in [5.74, 6) is -0.662. The molecule has 0 spiro atoms. The van der Waals surface area contributed by atoms with Gasteiger partial charge in [-0.2, -0.15) is 5.12 Å². The molecule has 27 heavy (non-hydrogen) atoms. The average molecular weight is 389 g/mol. The van der Waals surface area contributed by atoms with Crippen molar-refractivity contribution < 1.29 is 14.0 Å². The third-order valence-electron chi connectivity index (χ3n) is 3.89. The molecule has 0 radical (unpaired) electrons. The predicted octanol–water partition coefficient (Wildman–Crippen LogP) is 4.07. The standard InChI is InChI=1S/C19H18ClFN4O2/c1-12-6-14(8-15(20)7-12)10-25(21)19(26)16-4-5-17(18(23-16)27-3)24-9-13(2)22-11-24/h4-9,11H,10H2,1-3H3. The van der Waals surface area contributed by atoms with E-state index in [1.165, 1.54) is 13.2 Å². The maximum Gasteiger partial charge on any atom is 0.300 e. The first-order valence-electron chi connectivity index (χ1n) is 8.17. The summed E-state index contributed by atoms with van der Waals surface area (Å²) in [5, 5.41) is 0.596. The van der Waals surface area contributed by atoms with Gasteiger partial charge >= 0.3 is 5.91 Å². The molecular weight excluding hydrogens is 371 g/mol. The van der Waals surface area contributed by atoms with Crippen LogP contribution in [0.4, 0.5) is 4.48 Å². The third kappa shape index (κ3) is 4.25. The highest BCUT2D eigenvalue weighted by Crippen LogP contribution is 2.22. The van der Waals surface area contributed by atoms with Gasteiger partial charge in [-0.3, -0.25) is 4.79 Å². The second kappa shape index (κ2) is 7.75. The van der Waals surface area contributed by atoms with E-state index in [0.29, 0.717) is 16.3 Å². The van der Waals surface area contributed by atoms with E-state index >= 15 is 0 Å². The molecule has 0 atom stereocenters. The summed E-state index contributed by atoms with van der Waals surface area (Å²) in [4.78, 5) is 20.7. The summed E-state index contributed by atoms with van der Waals surface area (Å²) in [5.41, 5.74) is 2.84. The highest BCUT2D eigenvalue weighted by Gasteiger charge is 2.20. The van der Waals surface area contributed by atoms with Gasteiger partial charge in [-0.05, 0) is 49.2 Å². The minimum atomic E-state index is -0.862. The van der Waals surface area contributed by atoms with Crippen molar-refractivity contribution in [3.8, 4) is 11.6 Å². The number of halogens is 2. The van der Waals surface area contributed by atoms with Gasteiger partial charge in [-0.15, -0.1) is 0 Å². The van der Waals surface area contributed by atoms with E-state index in [-0.39, 0.29) is 23.2 Å². The molecule has 2 aromatic heterocycles. The molecule has 0 aliphatic heterocycles. The number of carbonyl (C=O) groups excluding carboxylic acids is 1. The highest BCUT2D eigenvalue weighted by molar-refractivity contribution is 6.30. The van der Waals surface area contributed by atoms with E-state index in [1.54, 1.807) is 41.4 Å². The Morgan fingerprint density at radius 2 is 2.07 bits per heavy atom. The largest absolute Gasteiger partial charge is 0.479 e. The third-order valence-corrected chi connectivity index (χ3v) is 4.10. The molecule has 0 saturated carbocycles. The van der Waals surface area contributed by atoms with Gasteiger partial charge in [0.1, 0.15) is 11.4 Å². The Morgan fingerprint density at radius 3 is 2.70 bits per heavy atom. The summed E-state index contributed by atoms with van der Waals surface area (Å²) in [7, 11) is 1.44. The van der Waals surface area contributed by atoms with Gasteiger partial charge in [-0.1, -0.05) is 22.1 Å². The minimum absolute atomic E-state index is 0.0614. The van der Waals surface area contributed by atoms with Gasteiger partial charge in [0.05, 0.1) is 25.7 Å². The second-order valence-electron chi connectivity index (χ2n) is 6.11. The summed E-state index contributed by atoms with van der Waals surface area (Å²) in [6.07, 6.45) is 3.41. The van der Waals surface area contributed by atoms with Crippen LogP contribution < -0.4 is 4.74 Å². The maximum absolute atomic E-state index is 14.4. The molecule has 0 fully saturated rings. The molecule has 0 aliphatic carbocycles. The molecule has 2 heterocycles. The molecule has 8 heteroatoms. The molecule has 0 bridgehead atoms. The lowest BCUT2D eigenvalue weighted by molar-refractivity contribution is 0.0141. The van der Waals surface area contributed by atoms with E-state index in [2.05, 4.69) is 9.97 Å². The zero-order chi connectivity index (χ0) is 19.6. The van der Waals surface area contributed by atoms with Crippen LogP contribution in [0.25, 0.3) is 5.69 Å². The zero-order valence-corrected chi connectivity index (χ0v) is 15.9. The summed E-state index contributed by atoms with van der Waals surface area (Å²) in [6.45, 7) is 3.47. The number of hydrogen-bond acceptors (Lipinski definition) is 4. The quantitative estimate of drug-likeness (QED) is 0.618. The van der Waals surface area contributed by atoms with Crippen molar-refractivity contribution in [1.29, 1.82) is 0 Å². The lowest BCUT2D eigenvalue weighted by Crippen LogP contribution is -2.23. The van der Waals surface area contributed by atoms with E-state index in [9.17, 15) is 9.28 Å². The number of rotatable bonds is 5. The fourth-order valence-electron chi connectivity index (χ4n) is 2.71. The normalized spacial score (nSPS) is 10.7. The van der Waals surface area contributed by atoms with Crippen LogP contribution in [0.3, 0.4) is 0 Å². The highest BCUT2D eigenvalue weighted by atomic mass is 35.5. The predicted molar refractivity (Wildman–Crippen MR) is 99.8 cm³/mol. The van der Waals surface area contributed by atoms with Crippen molar-refractivity contribution in [2.75, 3.05) is 7.11 Å². The van der Waals surface area contributed by atoms with Crippen molar-refractivity contribution in [1.82, 2.24) is 19.7 Å². The van der Waals surface area contributed by atoms with Crippen LogP contribution in [0.15, 0.2) is 42.9 Å². The molecule has 3 aromatic rings. The molecule has 6 nitrogen and oxygen atoms in total. The van der Waals surface area contributed by atoms with Crippen LogP contribution in [-0.4, -0.2) is 32.7 Å². The Morgan fingerprint density at radius 1 is 1.30 bits per heavy atom. The van der Waals surface area contributed by atoms with Gasteiger partial charge in [0.2, 0.25) is 5.88 Å². The molecule has 140 valence electrons. The Hall–Kier alpha value is -2.93. The number of pyridine rings is 1. The van der Waals surface area contributed by atoms with Crippen LogP contribution in [0, 0.1) is 13.8 Å². The molecule has 1 amide bonds. The topological polar surface area (TPSA) is 60.2 Å². The Bertz CT molecular complexity index is 969. The lowest BCUT2D eigenvalue weighted by Gasteiger charge is -2.14. The molecular formula is C19H18ClFN4O2. The maximum atomic E-state index is 14.4. The smallest absolute Gasteiger partial charge is 0.300 e. The average Bonchev–Trinajstić information content (AvgIpc) is 3.05. The first kappa shape index (κ1) is 18.8. The molecule has 0 saturated heterocycles. The molecule has 0 N–H and O–H groups in total. The number of carbonyl (C=O) groups is 1. The van der Waals surface area contributed by atoms with E-state index < -0.39 is 5.91 Å². The number of imidazole rings is 1. The number of aromatic nitrogens is 3. The van der Waals surface area contributed by atoms with Crippen LogP contribution >= 0.6 is 11.6 Å². The van der Waals surface area contributed by atoms with Crippen molar-refractivity contribution >= 4 is 17.5 Å². The van der Waals surface area contributed by atoms with Crippen molar-refractivity contribution in [3.63, 3.8) is 0 Å².